The van der Waals surface area contributed by atoms with Gasteiger partial charge >= 0.3 is 0 Å². The van der Waals surface area contributed by atoms with Crippen LogP contribution in [0.2, 0.25) is 0 Å². The van der Waals surface area contributed by atoms with E-state index in [0.29, 0.717) is 5.95 Å². The lowest BCUT2D eigenvalue weighted by Gasteiger charge is -2.20. The average molecular weight is 416 g/mol. The largest absolute Gasteiger partial charge is 0.341 e. The van der Waals surface area contributed by atoms with Gasteiger partial charge in [0, 0.05) is 30.7 Å². The van der Waals surface area contributed by atoms with Crippen LogP contribution in [-0.2, 0) is 0 Å². The van der Waals surface area contributed by atoms with Crippen LogP contribution in [0.15, 0.2) is 33.8 Å². The van der Waals surface area contributed by atoms with Crippen molar-refractivity contribution in [3.8, 4) is 0 Å². The SMILES string of the molecule is Brc1ccc(/C=N\Nc2nc(N3CCCC3)nc(N3CCCC3)n2)cc1. The third-order valence-electron chi connectivity index (χ3n) is 4.64. The highest BCUT2D eigenvalue weighted by Gasteiger charge is 2.21. The fourth-order valence-electron chi connectivity index (χ4n) is 3.23. The van der Waals surface area contributed by atoms with Crippen LogP contribution in [0.5, 0.6) is 0 Å². The molecule has 0 amide bonds. The number of hydrazone groups is 1. The fourth-order valence-corrected chi connectivity index (χ4v) is 3.50. The van der Waals surface area contributed by atoms with Gasteiger partial charge in [0.1, 0.15) is 0 Å². The third kappa shape index (κ3) is 4.12. The maximum absolute atomic E-state index is 4.71. The molecule has 3 heterocycles. The van der Waals surface area contributed by atoms with Gasteiger partial charge in [-0.2, -0.15) is 20.1 Å². The van der Waals surface area contributed by atoms with Crippen molar-refractivity contribution in [2.45, 2.75) is 25.7 Å². The highest BCUT2D eigenvalue weighted by Crippen LogP contribution is 2.22. The molecule has 2 saturated heterocycles. The van der Waals surface area contributed by atoms with Crippen LogP contribution in [0, 0.1) is 0 Å². The Morgan fingerprint density at radius 3 is 1.92 bits per heavy atom. The Morgan fingerprint density at radius 2 is 1.38 bits per heavy atom. The summed E-state index contributed by atoms with van der Waals surface area (Å²) in [5.74, 6) is 2.00. The van der Waals surface area contributed by atoms with E-state index in [1.165, 1.54) is 25.7 Å². The number of benzene rings is 1. The van der Waals surface area contributed by atoms with Gasteiger partial charge in [-0.1, -0.05) is 28.1 Å². The first-order valence-electron chi connectivity index (χ1n) is 9.08. The summed E-state index contributed by atoms with van der Waals surface area (Å²) >= 11 is 3.43. The smallest absolute Gasteiger partial charge is 0.250 e. The monoisotopic (exact) mass is 415 g/mol. The van der Waals surface area contributed by atoms with Crippen molar-refractivity contribution in [2.24, 2.45) is 5.10 Å². The summed E-state index contributed by atoms with van der Waals surface area (Å²) in [6, 6.07) is 7.96. The molecule has 2 aliphatic heterocycles. The van der Waals surface area contributed by atoms with Crippen molar-refractivity contribution in [2.75, 3.05) is 41.4 Å². The Balaban J connectivity index is 1.54. The second-order valence-electron chi connectivity index (χ2n) is 6.57. The van der Waals surface area contributed by atoms with Crippen LogP contribution in [-0.4, -0.2) is 47.3 Å². The Labute approximate surface area is 161 Å². The molecule has 0 unspecified atom stereocenters. The second-order valence-corrected chi connectivity index (χ2v) is 7.48. The molecule has 2 fully saturated rings. The van der Waals surface area contributed by atoms with Crippen molar-refractivity contribution < 1.29 is 0 Å². The van der Waals surface area contributed by atoms with Crippen LogP contribution in [0.3, 0.4) is 0 Å². The van der Waals surface area contributed by atoms with Gasteiger partial charge in [-0.25, -0.2) is 5.43 Å². The first-order valence-corrected chi connectivity index (χ1v) is 9.88. The Hall–Kier alpha value is -2.22. The van der Waals surface area contributed by atoms with Gasteiger partial charge in [0.15, 0.2) is 0 Å². The van der Waals surface area contributed by atoms with Crippen molar-refractivity contribution in [3.63, 3.8) is 0 Å². The Kier molecular flexibility index (Phi) is 5.29. The van der Waals surface area contributed by atoms with Gasteiger partial charge in [0.25, 0.3) is 0 Å². The minimum absolute atomic E-state index is 0.497. The standard InChI is InChI=1S/C18H22BrN7/c19-15-7-5-14(6-8-15)13-20-24-16-21-17(25-9-1-2-10-25)23-18(22-16)26-11-3-4-12-26/h5-8,13H,1-4,9-12H2,(H,21,22,23,24)/b20-13-. The van der Waals surface area contributed by atoms with E-state index < -0.39 is 0 Å². The lowest BCUT2D eigenvalue weighted by atomic mass is 10.2. The van der Waals surface area contributed by atoms with Crippen LogP contribution in [0.25, 0.3) is 0 Å². The number of nitrogens with zero attached hydrogens (tertiary/aromatic N) is 6. The second kappa shape index (κ2) is 7.99. The van der Waals surface area contributed by atoms with Gasteiger partial charge in [-0.15, -0.1) is 0 Å². The van der Waals surface area contributed by atoms with Crippen LogP contribution < -0.4 is 15.2 Å². The van der Waals surface area contributed by atoms with Crippen LogP contribution in [0.1, 0.15) is 31.2 Å². The zero-order chi connectivity index (χ0) is 17.8. The molecular formula is C18H22BrN7. The number of halogens is 1. The first-order chi connectivity index (χ1) is 12.8. The highest BCUT2D eigenvalue weighted by molar-refractivity contribution is 9.10. The van der Waals surface area contributed by atoms with Crippen LogP contribution in [0.4, 0.5) is 17.8 Å². The predicted molar refractivity (Wildman–Crippen MR) is 108 cm³/mol. The van der Waals surface area contributed by atoms with Gasteiger partial charge in [-0.3, -0.25) is 0 Å². The number of aromatic nitrogens is 3. The number of nitrogens with one attached hydrogen (secondary N) is 1. The topological polar surface area (TPSA) is 69.5 Å². The minimum atomic E-state index is 0.497. The molecule has 136 valence electrons. The molecular weight excluding hydrogens is 394 g/mol. The highest BCUT2D eigenvalue weighted by atomic mass is 79.9. The number of hydrogen-bond donors (Lipinski definition) is 1. The minimum Gasteiger partial charge on any atom is -0.341 e. The van der Waals surface area contributed by atoms with E-state index in [1.807, 2.05) is 24.3 Å². The van der Waals surface area contributed by atoms with Crippen molar-refractivity contribution in [1.29, 1.82) is 0 Å². The van der Waals surface area contributed by atoms with Crippen LogP contribution >= 0.6 is 15.9 Å². The molecule has 1 N–H and O–H groups in total. The predicted octanol–water partition coefficient (Wildman–Crippen LogP) is 3.28. The average Bonchev–Trinajstić information content (AvgIpc) is 3.37. The lowest BCUT2D eigenvalue weighted by Crippen LogP contribution is -2.25. The summed E-state index contributed by atoms with van der Waals surface area (Å²) in [5, 5.41) is 4.30. The van der Waals surface area contributed by atoms with E-state index in [4.69, 9.17) is 4.98 Å². The van der Waals surface area contributed by atoms with E-state index >= 15 is 0 Å². The van der Waals surface area contributed by atoms with Crippen molar-refractivity contribution >= 4 is 40.0 Å². The summed E-state index contributed by atoms with van der Waals surface area (Å²) in [4.78, 5) is 18.3. The molecule has 7 nitrogen and oxygen atoms in total. The summed E-state index contributed by atoms with van der Waals surface area (Å²) in [6.07, 6.45) is 6.52. The van der Waals surface area contributed by atoms with E-state index in [0.717, 1.165) is 48.1 Å². The molecule has 0 radical (unpaired) electrons. The number of rotatable bonds is 5. The molecule has 0 atom stereocenters. The maximum Gasteiger partial charge on any atom is 0.250 e. The Bertz CT molecular complexity index is 731. The van der Waals surface area contributed by atoms with E-state index in [1.54, 1.807) is 6.21 Å². The quantitative estimate of drug-likeness (QED) is 0.596. The molecule has 8 heteroatoms. The summed E-state index contributed by atoms with van der Waals surface area (Å²) in [7, 11) is 0. The molecule has 0 saturated carbocycles. The molecule has 2 aromatic rings. The van der Waals surface area contributed by atoms with Crippen molar-refractivity contribution in [3.05, 3.63) is 34.3 Å². The molecule has 1 aromatic heterocycles. The molecule has 0 spiro atoms. The molecule has 1 aromatic carbocycles. The first kappa shape index (κ1) is 17.2. The lowest BCUT2D eigenvalue weighted by molar-refractivity contribution is 0.838. The normalized spacial score (nSPS) is 17.4. The third-order valence-corrected chi connectivity index (χ3v) is 5.17. The number of anilines is 3. The van der Waals surface area contributed by atoms with Gasteiger partial charge in [-0.05, 0) is 43.4 Å². The fraction of sp³-hybridized carbons (Fsp3) is 0.444. The van der Waals surface area contributed by atoms with Gasteiger partial charge in [0.2, 0.25) is 17.8 Å². The molecule has 4 rings (SSSR count). The summed E-state index contributed by atoms with van der Waals surface area (Å²) in [5.41, 5.74) is 3.99. The van der Waals surface area contributed by atoms with Gasteiger partial charge in [0.05, 0.1) is 6.21 Å². The molecule has 0 aliphatic carbocycles. The molecule has 0 bridgehead atoms. The van der Waals surface area contributed by atoms with E-state index in [9.17, 15) is 0 Å². The van der Waals surface area contributed by atoms with E-state index in [-0.39, 0.29) is 0 Å². The zero-order valence-electron chi connectivity index (χ0n) is 14.6. The van der Waals surface area contributed by atoms with Crippen molar-refractivity contribution in [1.82, 2.24) is 15.0 Å². The number of hydrogen-bond acceptors (Lipinski definition) is 7. The van der Waals surface area contributed by atoms with E-state index in [2.05, 4.69) is 46.2 Å². The Morgan fingerprint density at radius 1 is 0.846 bits per heavy atom. The molecule has 2 aliphatic rings. The van der Waals surface area contributed by atoms with Gasteiger partial charge < -0.3 is 9.80 Å². The zero-order valence-corrected chi connectivity index (χ0v) is 16.2. The summed E-state index contributed by atoms with van der Waals surface area (Å²) < 4.78 is 1.05. The summed E-state index contributed by atoms with van der Waals surface area (Å²) in [6.45, 7) is 4.02. The maximum atomic E-state index is 4.71. The molecule has 26 heavy (non-hydrogen) atoms.